The van der Waals surface area contributed by atoms with Crippen LogP contribution in [0.3, 0.4) is 0 Å². The minimum atomic E-state index is -0.943. The topological polar surface area (TPSA) is 116 Å². The van der Waals surface area contributed by atoms with Crippen LogP contribution >= 0.6 is 11.8 Å². The van der Waals surface area contributed by atoms with Gasteiger partial charge in [0.05, 0.1) is 16.8 Å². The molecule has 0 aliphatic carbocycles. The number of carbonyl (C=O) groups excluding carboxylic acids is 3. The zero-order valence-corrected chi connectivity index (χ0v) is 27.1. The summed E-state index contributed by atoms with van der Waals surface area (Å²) < 4.78 is 36.6. The van der Waals surface area contributed by atoms with E-state index in [1.165, 1.54) is 37.0 Å². The zero-order valence-electron chi connectivity index (χ0n) is 26.3. The van der Waals surface area contributed by atoms with Gasteiger partial charge < -0.3 is 25.2 Å². The minimum Gasteiger partial charge on any atom is -0.410 e. The molecule has 1 aromatic heterocycles. The number of hydrogen-bond acceptors (Lipinski definition) is 7. The maximum Gasteiger partial charge on any atom is 0.412 e. The zero-order chi connectivity index (χ0) is 33.5. The molecule has 1 aliphatic heterocycles. The number of carbonyl (C=O) groups is 3. The van der Waals surface area contributed by atoms with Gasteiger partial charge in [0, 0.05) is 37.6 Å². The van der Waals surface area contributed by atoms with E-state index in [2.05, 4.69) is 22.2 Å². The molecule has 0 radical (unpaired) electrons. The van der Waals surface area contributed by atoms with E-state index < -0.39 is 29.0 Å². The summed E-state index contributed by atoms with van der Waals surface area (Å²) in [6.07, 6.45) is 2.69. The van der Waals surface area contributed by atoms with Crippen LogP contribution in [0.1, 0.15) is 37.8 Å². The first-order valence-corrected chi connectivity index (χ1v) is 15.8. The largest absolute Gasteiger partial charge is 0.412 e. The molecule has 0 saturated carbocycles. The van der Waals surface area contributed by atoms with E-state index in [1.54, 1.807) is 4.90 Å². The predicted octanol–water partition coefficient (Wildman–Crippen LogP) is 5.96. The van der Waals surface area contributed by atoms with Crippen LogP contribution in [-0.2, 0) is 9.59 Å². The van der Waals surface area contributed by atoms with Crippen LogP contribution in [0.15, 0.2) is 65.0 Å². The molecular weight excluding hydrogens is 614 g/mol. The van der Waals surface area contributed by atoms with Crippen molar-refractivity contribution in [2.45, 2.75) is 37.6 Å². The first-order chi connectivity index (χ1) is 22.0. The highest BCUT2D eigenvalue weighted by molar-refractivity contribution is 7.98. The number of nitrogens with zero attached hydrogens (tertiary/aromatic N) is 4. The van der Waals surface area contributed by atoms with E-state index in [1.807, 2.05) is 50.1 Å². The normalized spacial score (nSPS) is 15.0. The van der Waals surface area contributed by atoms with Gasteiger partial charge in [-0.2, -0.15) is 0 Å². The van der Waals surface area contributed by atoms with Crippen molar-refractivity contribution in [2.24, 2.45) is 4.99 Å². The van der Waals surface area contributed by atoms with E-state index in [0.29, 0.717) is 37.6 Å². The number of amides is 3. The van der Waals surface area contributed by atoms with E-state index in [9.17, 15) is 14.4 Å². The molecule has 2 aromatic carbocycles. The molecule has 3 aromatic rings. The van der Waals surface area contributed by atoms with Gasteiger partial charge in [-0.15, -0.1) is 11.8 Å². The summed E-state index contributed by atoms with van der Waals surface area (Å²) in [6, 6.07) is 10.4. The summed E-state index contributed by atoms with van der Waals surface area (Å²) in [5.74, 6) is -2.00. The van der Waals surface area contributed by atoms with Crippen LogP contribution < -0.4 is 15.4 Å². The van der Waals surface area contributed by atoms with Crippen LogP contribution in [-0.4, -0.2) is 78.0 Å². The Labute approximate surface area is 270 Å². The Hall–Kier alpha value is -4.78. The third-order valence-corrected chi connectivity index (χ3v) is 8.28. The Morgan fingerprint density at radius 1 is 1.17 bits per heavy atom. The molecule has 2 N–H and O–H groups in total. The highest BCUT2D eigenvalue weighted by Crippen LogP contribution is 2.39. The fourth-order valence-electron chi connectivity index (χ4n) is 5.25. The molecule has 13 heteroatoms. The van der Waals surface area contributed by atoms with Gasteiger partial charge in [0.2, 0.25) is 12.3 Å². The number of ether oxygens (including phenoxy) is 1. The van der Waals surface area contributed by atoms with E-state index in [4.69, 9.17) is 9.73 Å². The first-order valence-electron chi connectivity index (χ1n) is 14.6. The number of rotatable bonds is 9. The van der Waals surface area contributed by atoms with Crippen LogP contribution in [0, 0.1) is 11.6 Å². The summed E-state index contributed by atoms with van der Waals surface area (Å²) >= 11 is 1.51. The fourth-order valence-corrected chi connectivity index (χ4v) is 5.82. The average Bonchev–Trinajstić information content (AvgIpc) is 3.04. The quantitative estimate of drug-likeness (QED) is 0.0966. The van der Waals surface area contributed by atoms with Crippen molar-refractivity contribution >= 4 is 47.5 Å². The Morgan fingerprint density at radius 3 is 2.54 bits per heavy atom. The summed E-state index contributed by atoms with van der Waals surface area (Å²) in [6.45, 7) is 10.6. The Balaban J connectivity index is 1.99. The first kappa shape index (κ1) is 34.1. The lowest BCUT2D eigenvalue weighted by Crippen LogP contribution is -2.55. The van der Waals surface area contributed by atoms with E-state index >= 15 is 8.78 Å². The van der Waals surface area contributed by atoms with Gasteiger partial charge in [0.25, 0.3) is 0 Å². The number of thioether (sulfide) groups is 1. The molecule has 0 bridgehead atoms. The molecule has 10 nitrogen and oxygen atoms in total. The number of piperazine rings is 1. The number of anilines is 1. The van der Waals surface area contributed by atoms with Crippen molar-refractivity contribution in [2.75, 3.05) is 38.3 Å². The summed E-state index contributed by atoms with van der Waals surface area (Å²) in [5.41, 5.74) is 0.886. The number of para-hydroxylation sites is 1. The number of aliphatic imine (C=N–C) groups is 1. The van der Waals surface area contributed by atoms with Gasteiger partial charge in [-0.3, -0.25) is 9.59 Å². The third kappa shape index (κ3) is 7.20. The van der Waals surface area contributed by atoms with Crippen molar-refractivity contribution in [3.8, 4) is 17.0 Å². The van der Waals surface area contributed by atoms with Crippen molar-refractivity contribution in [3.05, 3.63) is 77.9 Å². The molecule has 46 heavy (non-hydrogen) atoms. The van der Waals surface area contributed by atoms with Crippen molar-refractivity contribution in [1.29, 1.82) is 0 Å². The van der Waals surface area contributed by atoms with E-state index in [-0.39, 0.29) is 35.0 Å². The van der Waals surface area contributed by atoms with Gasteiger partial charge in [0.1, 0.15) is 28.9 Å². The monoisotopic (exact) mass is 650 g/mol. The standard InChI is InChI=1S/C33H36F2N6O4S/c1-7-27(43)40-14-15-41(20(4)17-40)32(39-29-21(19(2)3)10-8-13-26(29)46-6)22-16-24(35)30(38-31(22)37-18-42)28-23(34)11-9-12-25(28)45-33(44)36-5/h7-13,16,18-20H,1,14-15,17H2,2-6H3,(H,36,44)(H,37,38,42)/b39-32+. The van der Waals surface area contributed by atoms with Gasteiger partial charge in [-0.05, 0) is 55.0 Å². The lowest BCUT2D eigenvalue weighted by atomic mass is 10.0. The number of aromatic nitrogens is 1. The molecule has 1 unspecified atom stereocenters. The van der Waals surface area contributed by atoms with Crippen molar-refractivity contribution in [1.82, 2.24) is 20.1 Å². The van der Waals surface area contributed by atoms with Crippen LogP contribution in [0.2, 0.25) is 0 Å². The predicted molar refractivity (Wildman–Crippen MR) is 176 cm³/mol. The lowest BCUT2D eigenvalue weighted by molar-refractivity contribution is -0.128. The molecule has 242 valence electrons. The molecule has 0 spiro atoms. The number of amidine groups is 1. The second kappa shape index (κ2) is 15.0. The number of pyridine rings is 1. The Morgan fingerprint density at radius 2 is 1.91 bits per heavy atom. The van der Waals surface area contributed by atoms with Gasteiger partial charge in [0.15, 0.2) is 5.82 Å². The van der Waals surface area contributed by atoms with Crippen molar-refractivity contribution in [3.63, 3.8) is 0 Å². The summed E-state index contributed by atoms with van der Waals surface area (Å²) in [7, 11) is 1.33. The SMILES string of the molecule is C=CC(=O)N1CCN(/C(=N/c2c(SC)cccc2C(C)C)c2cc(F)c(-c3c(F)cccc3OC(=O)NC)nc2NC=O)C(C)C1. The molecule has 1 saturated heterocycles. The number of benzene rings is 2. The summed E-state index contributed by atoms with van der Waals surface area (Å²) in [5, 5.41) is 4.81. The summed E-state index contributed by atoms with van der Waals surface area (Å²) in [4.78, 5) is 50.3. The Kier molecular flexibility index (Phi) is 11.1. The maximum atomic E-state index is 16.2. The molecule has 1 atom stereocenters. The highest BCUT2D eigenvalue weighted by atomic mass is 32.2. The third-order valence-electron chi connectivity index (χ3n) is 7.51. The van der Waals surface area contributed by atoms with Crippen LogP contribution in [0.25, 0.3) is 11.3 Å². The maximum absolute atomic E-state index is 16.2. The Bertz CT molecular complexity index is 1680. The molecular formula is C33H36F2N6O4S. The smallest absolute Gasteiger partial charge is 0.410 e. The van der Waals surface area contributed by atoms with Gasteiger partial charge in [-0.1, -0.05) is 38.6 Å². The molecule has 2 heterocycles. The second-order valence-electron chi connectivity index (χ2n) is 10.7. The van der Waals surface area contributed by atoms with Crippen LogP contribution in [0.5, 0.6) is 5.75 Å². The van der Waals surface area contributed by atoms with Gasteiger partial charge >= 0.3 is 6.09 Å². The molecule has 1 aliphatic rings. The number of halogens is 2. The van der Waals surface area contributed by atoms with Crippen molar-refractivity contribution < 1.29 is 27.9 Å². The van der Waals surface area contributed by atoms with E-state index in [0.717, 1.165) is 22.6 Å². The van der Waals surface area contributed by atoms with Crippen LogP contribution in [0.4, 0.5) is 25.1 Å². The average molecular weight is 651 g/mol. The fraction of sp³-hybridized carbons (Fsp3) is 0.303. The highest BCUT2D eigenvalue weighted by Gasteiger charge is 2.32. The number of hydrogen-bond donors (Lipinski definition) is 2. The minimum absolute atomic E-state index is 0.0937. The molecule has 1 fully saturated rings. The second-order valence-corrected chi connectivity index (χ2v) is 11.6. The number of nitrogens with one attached hydrogen (secondary N) is 2. The lowest BCUT2D eigenvalue weighted by Gasteiger charge is -2.41. The van der Waals surface area contributed by atoms with Gasteiger partial charge in [-0.25, -0.2) is 23.6 Å². The molecule has 4 rings (SSSR count). The molecule has 3 amide bonds.